The Labute approximate surface area is 131 Å². The lowest BCUT2D eigenvalue weighted by Gasteiger charge is -2.33. The van der Waals surface area contributed by atoms with Gasteiger partial charge in [0.15, 0.2) is 5.78 Å². The summed E-state index contributed by atoms with van der Waals surface area (Å²) in [7, 11) is 0. The van der Waals surface area contributed by atoms with Gasteiger partial charge in [-0.25, -0.2) is 0 Å². The molecule has 0 bridgehead atoms. The highest BCUT2D eigenvalue weighted by molar-refractivity contribution is 7.99. The molecule has 1 atom stereocenters. The van der Waals surface area contributed by atoms with Crippen LogP contribution in [0, 0.1) is 0 Å². The molecule has 21 heavy (non-hydrogen) atoms. The number of ketones is 1. The molecule has 1 aliphatic heterocycles. The van der Waals surface area contributed by atoms with Crippen molar-refractivity contribution in [1.29, 1.82) is 0 Å². The summed E-state index contributed by atoms with van der Waals surface area (Å²) >= 11 is 1.82. The zero-order valence-electron chi connectivity index (χ0n) is 12.8. The van der Waals surface area contributed by atoms with Crippen molar-refractivity contribution < 1.29 is 9.53 Å². The van der Waals surface area contributed by atoms with Gasteiger partial charge in [0.05, 0.1) is 11.7 Å². The van der Waals surface area contributed by atoms with Gasteiger partial charge in [-0.15, -0.1) is 11.8 Å². The maximum atomic E-state index is 11.4. The predicted molar refractivity (Wildman–Crippen MR) is 87.1 cm³/mol. The number of thioether (sulfide) groups is 1. The molecule has 1 saturated heterocycles. The molecule has 1 aromatic rings. The summed E-state index contributed by atoms with van der Waals surface area (Å²) < 4.78 is 6.40. The molecule has 0 aromatic heterocycles. The van der Waals surface area contributed by atoms with Crippen LogP contribution in [0.25, 0.3) is 0 Å². The van der Waals surface area contributed by atoms with E-state index in [2.05, 4.69) is 6.07 Å². The molecule has 2 fully saturated rings. The quantitative estimate of drug-likeness (QED) is 0.587. The van der Waals surface area contributed by atoms with E-state index in [0.717, 1.165) is 11.3 Å². The number of benzene rings is 1. The maximum Gasteiger partial charge on any atom is 0.159 e. The first-order chi connectivity index (χ1) is 10.2. The van der Waals surface area contributed by atoms with E-state index in [1.807, 2.05) is 30.0 Å². The first kappa shape index (κ1) is 15.1. The third kappa shape index (κ3) is 3.70. The van der Waals surface area contributed by atoms with Crippen LogP contribution in [-0.2, 0) is 4.74 Å². The summed E-state index contributed by atoms with van der Waals surface area (Å²) in [5.41, 5.74) is 1.01. The van der Waals surface area contributed by atoms with Gasteiger partial charge >= 0.3 is 0 Å². The van der Waals surface area contributed by atoms with Crippen molar-refractivity contribution in [3.63, 3.8) is 0 Å². The average molecular weight is 304 g/mol. The molecule has 1 aromatic carbocycles. The molecule has 3 rings (SSSR count). The second-order valence-corrected chi connectivity index (χ2v) is 7.51. The van der Waals surface area contributed by atoms with Crippen molar-refractivity contribution in [2.24, 2.45) is 0 Å². The topological polar surface area (TPSA) is 26.3 Å². The Kier molecular flexibility index (Phi) is 4.70. The first-order valence-corrected chi connectivity index (χ1v) is 9.07. The summed E-state index contributed by atoms with van der Waals surface area (Å²) in [5, 5.41) is 0. The first-order valence-electron chi connectivity index (χ1n) is 8.09. The summed E-state index contributed by atoms with van der Waals surface area (Å²) in [6.45, 7) is 1.62. The number of hydrogen-bond donors (Lipinski definition) is 0. The van der Waals surface area contributed by atoms with Crippen LogP contribution in [0.4, 0.5) is 0 Å². The molecular formula is C18H24O2S. The zero-order chi connectivity index (χ0) is 14.7. The van der Waals surface area contributed by atoms with Crippen LogP contribution in [0.15, 0.2) is 29.2 Å². The fourth-order valence-electron chi connectivity index (χ4n) is 3.57. The van der Waals surface area contributed by atoms with Crippen LogP contribution in [0.1, 0.15) is 62.2 Å². The number of carbonyl (C=O) groups excluding carboxylic acids is 1. The highest BCUT2D eigenvalue weighted by Crippen LogP contribution is 2.42. The van der Waals surface area contributed by atoms with E-state index in [0.29, 0.717) is 6.10 Å². The highest BCUT2D eigenvalue weighted by atomic mass is 32.2. The number of hydrogen-bond acceptors (Lipinski definition) is 3. The van der Waals surface area contributed by atoms with Gasteiger partial charge in [0.2, 0.25) is 0 Å². The smallest absolute Gasteiger partial charge is 0.159 e. The molecular weight excluding hydrogens is 280 g/mol. The van der Waals surface area contributed by atoms with E-state index in [-0.39, 0.29) is 11.4 Å². The number of rotatable bonds is 4. The Morgan fingerprint density at radius 1 is 1.29 bits per heavy atom. The van der Waals surface area contributed by atoms with Gasteiger partial charge < -0.3 is 4.74 Å². The molecule has 1 heterocycles. The van der Waals surface area contributed by atoms with Crippen molar-refractivity contribution in [3.8, 4) is 0 Å². The predicted octanol–water partition coefficient (Wildman–Crippen LogP) is 4.86. The molecule has 2 nitrogen and oxygen atoms in total. The second-order valence-electron chi connectivity index (χ2n) is 6.42. The molecule has 0 radical (unpaired) electrons. The Morgan fingerprint density at radius 3 is 2.86 bits per heavy atom. The van der Waals surface area contributed by atoms with Crippen LogP contribution in [0.5, 0.6) is 0 Å². The molecule has 0 N–H and O–H groups in total. The Balaban J connectivity index is 1.54. The molecule has 3 heteroatoms. The summed E-state index contributed by atoms with van der Waals surface area (Å²) in [5.74, 6) is 1.14. The van der Waals surface area contributed by atoms with Gasteiger partial charge in [0, 0.05) is 16.2 Å². The van der Waals surface area contributed by atoms with Crippen molar-refractivity contribution in [2.75, 3.05) is 5.75 Å². The standard InChI is InChI=1S/C18H24O2S/c1-14(19)15-6-5-7-17(12-15)21-13-16-8-11-18(20-16)9-3-2-4-10-18/h5-7,12,16H,2-4,8-11,13H2,1H3. The van der Waals surface area contributed by atoms with Gasteiger partial charge in [-0.2, -0.15) is 0 Å². The minimum Gasteiger partial charge on any atom is -0.371 e. The third-order valence-corrected chi connectivity index (χ3v) is 5.91. The van der Waals surface area contributed by atoms with Crippen molar-refractivity contribution in [2.45, 2.75) is 68.5 Å². The van der Waals surface area contributed by atoms with Gasteiger partial charge in [0.1, 0.15) is 0 Å². The van der Waals surface area contributed by atoms with Crippen molar-refractivity contribution in [3.05, 3.63) is 29.8 Å². The molecule has 1 aliphatic carbocycles. The fourth-order valence-corrected chi connectivity index (χ4v) is 4.57. The Morgan fingerprint density at radius 2 is 2.10 bits per heavy atom. The monoisotopic (exact) mass is 304 g/mol. The number of ether oxygens (including phenoxy) is 1. The van der Waals surface area contributed by atoms with Crippen molar-refractivity contribution in [1.82, 2.24) is 0 Å². The lowest BCUT2D eigenvalue weighted by Crippen LogP contribution is -2.32. The fraction of sp³-hybridized carbons (Fsp3) is 0.611. The number of carbonyl (C=O) groups is 1. The molecule has 1 saturated carbocycles. The third-order valence-electron chi connectivity index (χ3n) is 4.78. The minimum absolute atomic E-state index is 0.135. The van der Waals surface area contributed by atoms with Crippen LogP contribution in [0.2, 0.25) is 0 Å². The molecule has 2 aliphatic rings. The summed E-state index contributed by atoms with van der Waals surface area (Å²) in [4.78, 5) is 12.6. The molecule has 1 spiro atoms. The van der Waals surface area contributed by atoms with E-state index in [1.165, 1.54) is 49.8 Å². The lowest BCUT2D eigenvalue weighted by atomic mass is 9.83. The second kappa shape index (κ2) is 6.53. The average Bonchev–Trinajstić information content (AvgIpc) is 2.89. The molecule has 1 unspecified atom stereocenters. The normalized spacial score (nSPS) is 24.3. The Bertz CT molecular complexity index is 506. The highest BCUT2D eigenvalue weighted by Gasteiger charge is 2.40. The Hall–Kier alpha value is -0.800. The van der Waals surface area contributed by atoms with E-state index in [4.69, 9.17) is 4.74 Å². The van der Waals surface area contributed by atoms with E-state index in [9.17, 15) is 4.79 Å². The van der Waals surface area contributed by atoms with Gasteiger partial charge in [-0.1, -0.05) is 31.4 Å². The van der Waals surface area contributed by atoms with Crippen LogP contribution in [-0.4, -0.2) is 23.2 Å². The molecule has 114 valence electrons. The minimum atomic E-state index is 0.135. The summed E-state index contributed by atoms with van der Waals surface area (Å²) in [6.07, 6.45) is 9.38. The van der Waals surface area contributed by atoms with Gasteiger partial charge in [0.25, 0.3) is 0 Å². The zero-order valence-corrected chi connectivity index (χ0v) is 13.6. The number of Topliss-reactive ketones (excluding diaryl/α,β-unsaturated/α-hetero) is 1. The summed E-state index contributed by atoms with van der Waals surface area (Å²) in [6, 6.07) is 7.94. The van der Waals surface area contributed by atoms with E-state index < -0.39 is 0 Å². The van der Waals surface area contributed by atoms with Gasteiger partial charge in [-0.3, -0.25) is 4.79 Å². The van der Waals surface area contributed by atoms with Crippen LogP contribution in [0.3, 0.4) is 0 Å². The van der Waals surface area contributed by atoms with E-state index in [1.54, 1.807) is 6.92 Å². The largest absolute Gasteiger partial charge is 0.371 e. The van der Waals surface area contributed by atoms with Crippen molar-refractivity contribution >= 4 is 17.5 Å². The molecule has 0 amide bonds. The van der Waals surface area contributed by atoms with Crippen LogP contribution < -0.4 is 0 Å². The van der Waals surface area contributed by atoms with Crippen LogP contribution >= 0.6 is 11.8 Å². The maximum absolute atomic E-state index is 11.4. The van der Waals surface area contributed by atoms with Gasteiger partial charge in [-0.05, 0) is 44.7 Å². The lowest BCUT2D eigenvalue weighted by molar-refractivity contribution is -0.0555. The van der Waals surface area contributed by atoms with E-state index >= 15 is 0 Å². The SMILES string of the molecule is CC(=O)c1cccc(SCC2CCC3(CCCCC3)O2)c1.